The van der Waals surface area contributed by atoms with Gasteiger partial charge in [0, 0.05) is 26.5 Å². The van der Waals surface area contributed by atoms with E-state index in [1.165, 1.54) is 6.26 Å². The molecular weight excluding hydrogens is 368 g/mol. The first-order chi connectivity index (χ1) is 13.2. The van der Waals surface area contributed by atoms with Crippen molar-refractivity contribution < 1.29 is 18.7 Å². The Morgan fingerprint density at radius 3 is 2.85 bits per heavy atom. The maximum atomic E-state index is 12.8. The van der Waals surface area contributed by atoms with E-state index >= 15 is 0 Å². The Balaban J connectivity index is 1.81. The van der Waals surface area contributed by atoms with Crippen LogP contribution in [0, 0.1) is 0 Å². The van der Waals surface area contributed by atoms with Gasteiger partial charge in [-0.05, 0) is 30.7 Å². The van der Waals surface area contributed by atoms with Crippen molar-refractivity contribution in [3.63, 3.8) is 0 Å². The summed E-state index contributed by atoms with van der Waals surface area (Å²) >= 11 is 1.08. The lowest BCUT2D eigenvalue weighted by Crippen LogP contribution is -2.29. The van der Waals surface area contributed by atoms with Gasteiger partial charge in [-0.1, -0.05) is 17.4 Å². The molecule has 0 aliphatic rings. The summed E-state index contributed by atoms with van der Waals surface area (Å²) in [6.07, 6.45) is 3.75. The van der Waals surface area contributed by atoms with Gasteiger partial charge in [0.05, 0.1) is 6.26 Å². The van der Waals surface area contributed by atoms with E-state index in [4.69, 9.17) is 9.15 Å². The van der Waals surface area contributed by atoms with Crippen molar-refractivity contribution >= 4 is 28.3 Å². The molecule has 0 spiro atoms. The van der Waals surface area contributed by atoms with Crippen LogP contribution in [0.15, 0.2) is 47.2 Å². The van der Waals surface area contributed by atoms with Crippen LogP contribution < -0.4 is 10.6 Å². The van der Waals surface area contributed by atoms with Crippen molar-refractivity contribution in [2.45, 2.75) is 6.42 Å². The third kappa shape index (κ3) is 4.78. The van der Waals surface area contributed by atoms with Gasteiger partial charge in [-0.15, -0.1) is 0 Å². The number of methoxy groups -OCH3 is 1. The van der Waals surface area contributed by atoms with Crippen LogP contribution in [0.3, 0.4) is 0 Å². The number of anilines is 1. The highest BCUT2D eigenvalue weighted by Gasteiger charge is 2.23. The molecule has 3 aromatic rings. The van der Waals surface area contributed by atoms with Crippen molar-refractivity contribution in [3.8, 4) is 11.5 Å². The Labute approximate surface area is 159 Å². The molecule has 2 amide bonds. The fourth-order valence-corrected chi connectivity index (χ4v) is 3.20. The first kappa shape index (κ1) is 18.7. The second-order valence-electron chi connectivity index (χ2n) is 5.45. The fourth-order valence-electron chi connectivity index (χ4n) is 2.28. The number of carbonyl (C=O) groups is 2. The number of hydrogen-bond acceptors (Lipinski definition) is 7. The normalized spacial score (nSPS) is 10.6. The molecule has 0 aliphatic carbocycles. The summed E-state index contributed by atoms with van der Waals surface area (Å²) in [7, 11) is 1.60. The fraction of sp³-hybridized carbons (Fsp3) is 0.222. The molecule has 0 atom stereocenters. The maximum Gasteiger partial charge on any atom is 0.321 e. The highest BCUT2D eigenvalue weighted by Crippen LogP contribution is 2.32. The number of amides is 2. The highest BCUT2D eigenvalue weighted by atomic mass is 32.1. The van der Waals surface area contributed by atoms with E-state index in [0.29, 0.717) is 46.7 Å². The maximum absolute atomic E-state index is 12.8. The zero-order valence-corrected chi connectivity index (χ0v) is 15.4. The summed E-state index contributed by atoms with van der Waals surface area (Å²) in [5, 5.41) is 5.65. The first-order valence-electron chi connectivity index (χ1n) is 8.23. The second-order valence-corrected chi connectivity index (χ2v) is 6.44. The largest absolute Gasteiger partial charge is 0.463 e. The summed E-state index contributed by atoms with van der Waals surface area (Å²) in [6, 6.07) is 8.11. The van der Waals surface area contributed by atoms with Crippen LogP contribution >= 0.6 is 11.3 Å². The van der Waals surface area contributed by atoms with Crippen molar-refractivity contribution in [2.75, 3.05) is 25.6 Å². The number of rotatable bonds is 8. The van der Waals surface area contributed by atoms with E-state index < -0.39 is 6.03 Å². The summed E-state index contributed by atoms with van der Waals surface area (Å²) in [6.45, 7) is 1.03. The van der Waals surface area contributed by atoms with Crippen LogP contribution in [0.2, 0.25) is 0 Å². The molecule has 0 fully saturated rings. The number of hydrogen-bond donors (Lipinski definition) is 2. The molecule has 9 heteroatoms. The van der Waals surface area contributed by atoms with Gasteiger partial charge in [-0.25, -0.2) is 9.78 Å². The number of ketones is 1. The van der Waals surface area contributed by atoms with Crippen molar-refractivity contribution in [1.29, 1.82) is 0 Å². The van der Waals surface area contributed by atoms with Gasteiger partial charge >= 0.3 is 6.03 Å². The van der Waals surface area contributed by atoms with Gasteiger partial charge in [0.15, 0.2) is 10.9 Å². The van der Waals surface area contributed by atoms with Gasteiger partial charge in [0.2, 0.25) is 5.78 Å². The Kier molecular flexibility index (Phi) is 6.29. The summed E-state index contributed by atoms with van der Waals surface area (Å²) in [5.74, 6) is 0.159. The van der Waals surface area contributed by atoms with Crippen LogP contribution in [-0.2, 0) is 4.74 Å². The van der Waals surface area contributed by atoms with E-state index in [2.05, 4.69) is 20.6 Å². The van der Waals surface area contributed by atoms with Crippen LogP contribution in [0.25, 0.3) is 11.5 Å². The third-order valence-corrected chi connectivity index (χ3v) is 4.49. The SMILES string of the molecule is COCCCNC(=O)Nc1nc(-c2ccco2)c(C(=O)c2ccccn2)s1. The molecule has 2 N–H and O–H groups in total. The molecule has 3 heterocycles. The molecule has 0 unspecified atom stereocenters. The monoisotopic (exact) mass is 386 g/mol. The average molecular weight is 386 g/mol. The lowest BCUT2D eigenvalue weighted by atomic mass is 10.1. The molecular formula is C18H18N4O4S. The van der Waals surface area contributed by atoms with Crippen molar-refractivity contribution in [3.05, 3.63) is 53.4 Å². The Hall–Kier alpha value is -3.04. The number of nitrogens with zero attached hydrogens (tertiary/aromatic N) is 2. The standard InChI is InChI=1S/C18H18N4O4S/c1-25-10-5-9-20-17(24)22-18-21-14(13-7-4-11-26-13)16(27-18)15(23)12-6-2-3-8-19-12/h2-4,6-8,11H,5,9-10H2,1H3,(H2,20,21,22,24). The number of pyridine rings is 1. The molecule has 0 bridgehead atoms. The number of thiazole rings is 1. The summed E-state index contributed by atoms with van der Waals surface area (Å²) in [5.41, 5.74) is 0.667. The van der Waals surface area contributed by atoms with Crippen molar-refractivity contribution in [1.82, 2.24) is 15.3 Å². The molecule has 8 nitrogen and oxygen atoms in total. The lowest BCUT2D eigenvalue weighted by molar-refractivity contribution is 0.103. The topological polar surface area (TPSA) is 106 Å². The van der Waals surface area contributed by atoms with Crippen molar-refractivity contribution in [2.24, 2.45) is 0 Å². The molecule has 0 radical (unpaired) electrons. The summed E-state index contributed by atoms with van der Waals surface area (Å²) < 4.78 is 10.3. The smallest absolute Gasteiger partial charge is 0.321 e. The zero-order chi connectivity index (χ0) is 19.1. The number of ether oxygens (including phenoxy) is 1. The van der Waals surface area contributed by atoms with Gasteiger partial charge in [-0.3, -0.25) is 15.1 Å². The van der Waals surface area contributed by atoms with Crippen LogP contribution in [0.4, 0.5) is 9.93 Å². The predicted molar refractivity (Wildman–Crippen MR) is 101 cm³/mol. The van der Waals surface area contributed by atoms with E-state index in [1.54, 1.807) is 43.6 Å². The minimum Gasteiger partial charge on any atom is -0.463 e. The Morgan fingerprint density at radius 1 is 1.26 bits per heavy atom. The van der Waals surface area contributed by atoms with Crippen LogP contribution in [0.1, 0.15) is 21.8 Å². The number of aromatic nitrogens is 2. The molecule has 27 heavy (non-hydrogen) atoms. The van der Waals surface area contributed by atoms with E-state index in [9.17, 15) is 9.59 Å². The zero-order valence-electron chi connectivity index (χ0n) is 14.6. The van der Waals surface area contributed by atoms with E-state index in [-0.39, 0.29) is 5.78 Å². The molecule has 3 aromatic heterocycles. The number of carbonyl (C=O) groups excluding carboxylic acids is 2. The minimum absolute atomic E-state index is 0.284. The molecule has 0 aromatic carbocycles. The molecule has 3 rings (SSSR count). The van der Waals surface area contributed by atoms with Gasteiger partial charge in [0.25, 0.3) is 0 Å². The number of furan rings is 1. The molecule has 0 saturated heterocycles. The number of nitrogens with one attached hydrogen (secondary N) is 2. The first-order valence-corrected chi connectivity index (χ1v) is 9.05. The molecule has 0 saturated carbocycles. The third-order valence-electron chi connectivity index (χ3n) is 3.52. The predicted octanol–water partition coefficient (Wildman–Crippen LogP) is 3.19. The van der Waals surface area contributed by atoms with Crippen LogP contribution in [0.5, 0.6) is 0 Å². The minimum atomic E-state index is -0.400. The Bertz CT molecular complexity index is 893. The van der Waals surface area contributed by atoms with E-state index in [1.807, 2.05) is 0 Å². The average Bonchev–Trinajstić information content (AvgIpc) is 3.35. The van der Waals surface area contributed by atoms with E-state index in [0.717, 1.165) is 11.3 Å². The molecule has 140 valence electrons. The quantitative estimate of drug-likeness (QED) is 0.455. The second kappa shape index (κ2) is 9.06. The Morgan fingerprint density at radius 2 is 2.15 bits per heavy atom. The van der Waals surface area contributed by atoms with Crippen LogP contribution in [-0.4, -0.2) is 42.0 Å². The van der Waals surface area contributed by atoms with Gasteiger partial charge in [0.1, 0.15) is 16.3 Å². The highest BCUT2D eigenvalue weighted by molar-refractivity contribution is 7.18. The molecule has 0 aliphatic heterocycles. The lowest BCUT2D eigenvalue weighted by Gasteiger charge is -2.04. The summed E-state index contributed by atoms with van der Waals surface area (Å²) in [4.78, 5) is 33.6. The van der Waals surface area contributed by atoms with Gasteiger partial charge in [-0.2, -0.15) is 0 Å². The van der Waals surface area contributed by atoms with Gasteiger partial charge < -0.3 is 14.5 Å². The number of urea groups is 1.